The van der Waals surface area contributed by atoms with Gasteiger partial charge in [0.05, 0.1) is 45.8 Å². The molecule has 0 saturated carbocycles. The molecule has 0 aliphatic rings. The number of halogens is 2. The van der Waals surface area contributed by atoms with E-state index in [-0.39, 0.29) is 29.4 Å². The van der Waals surface area contributed by atoms with E-state index in [9.17, 15) is 0 Å². The van der Waals surface area contributed by atoms with Crippen LogP contribution in [0.2, 0.25) is 0 Å². The van der Waals surface area contributed by atoms with Gasteiger partial charge in [-0.3, -0.25) is 0 Å². The zero-order valence-corrected chi connectivity index (χ0v) is 29.9. The molecular weight excluding hydrogens is 564 g/mol. The van der Waals surface area contributed by atoms with Crippen LogP contribution in [0.5, 0.6) is 0 Å². The molecule has 0 bridgehead atoms. The second kappa shape index (κ2) is 29.4. The van der Waals surface area contributed by atoms with Crippen molar-refractivity contribution in [3.05, 3.63) is 35.9 Å². The van der Waals surface area contributed by atoms with Crippen LogP contribution in [0.4, 0.5) is 0 Å². The van der Waals surface area contributed by atoms with Gasteiger partial charge in [-0.2, -0.15) is 0 Å². The fraction of sp³-hybridized carbons (Fsp3) is 0.829. The Morgan fingerprint density at radius 1 is 0.410 bits per heavy atom. The number of hydrogen-bond donors (Lipinski definition) is 0. The highest BCUT2D eigenvalue weighted by atomic mass is 79.9. The van der Waals surface area contributed by atoms with E-state index in [0.29, 0.717) is 0 Å². The van der Waals surface area contributed by atoms with Gasteiger partial charge in [0.25, 0.3) is 0 Å². The van der Waals surface area contributed by atoms with Crippen molar-refractivity contribution in [3.63, 3.8) is 0 Å². The summed E-state index contributed by atoms with van der Waals surface area (Å²) >= 11 is 0. The van der Waals surface area contributed by atoms with E-state index >= 15 is 0 Å². The Balaban J connectivity index is -0.000000641. The van der Waals surface area contributed by atoms with Crippen molar-refractivity contribution in [2.45, 2.75) is 145 Å². The average Bonchev–Trinajstić information content (AvgIpc) is 2.94. The summed E-state index contributed by atoms with van der Waals surface area (Å²) in [7, 11) is 0. The zero-order chi connectivity index (χ0) is 27.7. The van der Waals surface area contributed by atoms with Crippen molar-refractivity contribution in [3.8, 4) is 0 Å². The van der Waals surface area contributed by atoms with Crippen molar-refractivity contribution in [1.82, 2.24) is 0 Å². The molecule has 0 fully saturated rings. The SMILES string of the molecule is CCCC[N+](CCCC)(CCCC)CCCC.CCCC[N+](CCCC)(CCCC)Cc1ccccc1.[Br-].[Cl-]. The highest BCUT2D eigenvalue weighted by molar-refractivity contribution is 5.13. The number of unbranched alkanes of at least 4 members (excludes halogenated alkanes) is 7. The summed E-state index contributed by atoms with van der Waals surface area (Å²) in [5.74, 6) is 0. The van der Waals surface area contributed by atoms with Gasteiger partial charge in [-0.1, -0.05) is 124 Å². The summed E-state index contributed by atoms with van der Waals surface area (Å²) in [4.78, 5) is 0. The lowest BCUT2D eigenvalue weighted by Crippen LogP contribution is -3.00. The van der Waals surface area contributed by atoms with Crippen LogP contribution in [-0.2, 0) is 6.54 Å². The van der Waals surface area contributed by atoms with Crippen LogP contribution in [-0.4, -0.2) is 54.8 Å². The molecular formula is C35H70BrClN2. The number of benzene rings is 1. The molecule has 0 aliphatic heterocycles. The minimum absolute atomic E-state index is 0. The van der Waals surface area contributed by atoms with Crippen molar-refractivity contribution in [2.75, 3.05) is 45.8 Å². The lowest BCUT2D eigenvalue weighted by atomic mass is 10.1. The number of rotatable bonds is 23. The first-order valence-electron chi connectivity index (χ1n) is 16.7. The summed E-state index contributed by atoms with van der Waals surface area (Å²) in [5, 5.41) is 0. The van der Waals surface area contributed by atoms with Gasteiger partial charge in [-0.05, 0) is 44.9 Å². The fourth-order valence-corrected chi connectivity index (χ4v) is 5.67. The van der Waals surface area contributed by atoms with E-state index in [0.717, 1.165) is 0 Å². The van der Waals surface area contributed by atoms with E-state index in [1.807, 2.05) is 0 Å². The monoisotopic (exact) mass is 632 g/mol. The highest BCUT2D eigenvalue weighted by Gasteiger charge is 2.26. The van der Waals surface area contributed by atoms with Gasteiger partial charge in [0.2, 0.25) is 0 Å². The molecule has 0 saturated heterocycles. The van der Waals surface area contributed by atoms with Crippen molar-refractivity contribution < 1.29 is 38.4 Å². The maximum absolute atomic E-state index is 2.33. The van der Waals surface area contributed by atoms with Crippen LogP contribution in [0.15, 0.2) is 30.3 Å². The number of hydrogen-bond acceptors (Lipinski definition) is 0. The molecule has 0 atom stereocenters. The predicted octanol–water partition coefficient (Wildman–Crippen LogP) is 4.42. The lowest BCUT2D eigenvalue weighted by Gasteiger charge is -2.39. The smallest absolute Gasteiger partial charge is 0.104 e. The normalized spacial score (nSPS) is 11.3. The third kappa shape index (κ3) is 21.3. The molecule has 2 nitrogen and oxygen atoms in total. The maximum atomic E-state index is 2.33. The molecule has 0 heterocycles. The molecule has 0 unspecified atom stereocenters. The Kier molecular flexibility index (Phi) is 32.7. The Morgan fingerprint density at radius 2 is 0.667 bits per heavy atom. The zero-order valence-electron chi connectivity index (χ0n) is 27.6. The van der Waals surface area contributed by atoms with Crippen LogP contribution >= 0.6 is 0 Å². The lowest BCUT2D eigenvalue weighted by molar-refractivity contribution is -0.941. The fourth-order valence-electron chi connectivity index (χ4n) is 5.67. The first-order chi connectivity index (χ1) is 18.0. The second-order valence-corrected chi connectivity index (χ2v) is 11.9. The molecule has 1 aromatic rings. The van der Waals surface area contributed by atoms with Gasteiger partial charge in [-0.25, -0.2) is 0 Å². The molecule has 0 amide bonds. The standard InChI is InChI=1S/C19H34N.C16H36N.BrH.ClH/c1-4-7-15-20(16-8-5-2,17-9-6-3)18-19-13-11-10-12-14-19;1-5-9-13-17(14-10-6-2,15-11-7-3)16-12-8-4;;/h10-14H,4-9,15-18H2,1-3H3;5-16H2,1-4H3;2*1H/q2*+1;;/p-2. The Labute approximate surface area is 264 Å². The van der Waals surface area contributed by atoms with Crippen LogP contribution in [0.25, 0.3) is 0 Å². The van der Waals surface area contributed by atoms with Crippen molar-refractivity contribution >= 4 is 0 Å². The van der Waals surface area contributed by atoms with Crippen LogP contribution in [0, 0.1) is 0 Å². The molecule has 0 N–H and O–H groups in total. The summed E-state index contributed by atoms with van der Waals surface area (Å²) < 4.78 is 2.73. The minimum atomic E-state index is 0. The van der Waals surface area contributed by atoms with Crippen LogP contribution < -0.4 is 29.4 Å². The third-order valence-corrected chi connectivity index (χ3v) is 8.26. The van der Waals surface area contributed by atoms with Gasteiger partial charge in [-0.15, -0.1) is 0 Å². The largest absolute Gasteiger partial charge is 1.00 e. The summed E-state index contributed by atoms with van der Waals surface area (Å²) in [6, 6.07) is 11.1. The quantitative estimate of drug-likeness (QED) is 0.157. The molecule has 234 valence electrons. The van der Waals surface area contributed by atoms with E-state index < -0.39 is 0 Å². The maximum Gasteiger partial charge on any atom is 0.104 e. The average molecular weight is 634 g/mol. The molecule has 0 spiro atoms. The molecule has 1 rings (SSSR count). The van der Waals surface area contributed by atoms with E-state index in [4.69, 9.17) is 0 Å². The van der Waals surface area contributed by atoms with Gasteiger partial charge < -0.3 is 38.4 Å². The molecule has 39 heavy (non-hydrogen) atoms. The first kappa shape index (κ1) is 43.4. The highest BCUT2D eigenvalue weighted by Crippen LogP contribution is 2.20. The van der Waals surface area contributed by atoms with Gasteiger partial charge in [0.1, 0.15) is 6.54 Å². The number of quaternary nitrogens is 2. The third-order valence-electron chi connectivity index (χ3n) is 8.26. The molecule has 0 aromatic heterocycles. The van der Waals surface area contributed by atoms with Gasteiger partial charge in [0.15, 0.2) is 0 Å². The summed E-state index contributed by atoms with van der Waals surface area (Å²) in [5.41, 5.74) is 1.51. The minimum Gasteiger partial charge on any atom is -1.00 e. The predicted molar refractivity (Wildman–Crippen MR) is 169 cm³/mol. The Hall–Kier alpha value is -0.0900. The van der Waals surface area contributed by atoms with Gasteiger partial charge in [0, 0.05) is 5.56 Å². The van der Waals surface area contributed by atoms with E-state index in [1.54, 1.807) is 0 Å². The van der Waals surface area contributed by atoms with Crippen molar-refractivity contribution in [2.24, 2.45) is 0 Å². The summed E-state index contributed by atoms with van der Waals surface area (Å²) in [6.45, 7) is 27.2. The second-order valence-electron chi connectivity index (χ2n) is 11.9. The molecule has 0 aliphatic carbocycles. The Morgan fingerprint density at radius 3 is 0.923 bits per heavy atom. The van der Waals surface area contributed by atoms with E-state index in [1.165, 1.54) is 157 Å². The van der Waals surface area contributed by atoms with Crippen molar-refractivity contribution in [1.29, 1.82) is 0 Å². The molecule has 1 aromatic carbocycles. The first-order valence-corrected chi connectivity index (χ1v) is 16.7. The van der Waals surface area contributed by atoms with E-state index in [2.05, 4.69) is 78.8 Å². The number of nitrogens with zero attached hydrogens (tertiary/aromatic N) is 2. The Bertz CT molecular complexity index is 536. The van der Waals surface area contributed by atoms with Gasteiger partial charge >= 0.3 is 0 Å². The summed E-state index contributed by atoms with van der Waals surface area (Å²) in [6.07, 6.45) is 19.1. The molecule has 4 heteroatoms. The van der Waals surface area contributed by atoms with Crippen LogP contribution in [0.3, 0.4) is 0 Å². The van der Waals surface area contributed by atoms with Crippen LogP contribution in [0.1, 0.15) is 144 Å². The molecule has 0 radical (unpaired) electrons. The topological polar surface area (TPSA) is 0 Å².